The van der Waals surface area contributed by atoms with Crippen molar-refractivity contribution in [1.82, 2.24) is 19.4 Å². The number of aromatic nitrogens is 2. The lowest BCUT2D eigenvalue weighted by molar-refractivity contribution is -0.00143. The highest BCUT2D eigenvalue weighted by Crippen LogP contribution is 2.41. The van der Waals surface area contributed by atoms with Crippen LogP contribution in [0.25, 0.3) is 0 Å². The fourth-order valence-electron chi connectivity index (χ4n) is 3.60. The normalized spacial score (nSPS) is 25.0. The second kappa shape index (κ2) is 4.18. The van der Waals surface area contributed by atoms with E-state index in [4.69, 9.17) is 0 Å². The van der Waals surface area contributed by atoms with E-state index in [0.717, 1.165) is 36.6 Å². The van der Waals surface area contributed by atoms with Crippen LogP contribution in [0.3, 0.4) is 0 Å². The Kier molecular flexibility index (Phi) is 2.50. The van der Waals surface area contributed by atoms with E-state index in [1.54, 1.807) is 0 Å². The van der Waals surface area contributed by atoms with Crippen LogP contribution in [-0.2, 0) is 12.2 Å². The number of hydrogen-bond acceptors (Lipinski definition) is 3. The van der Waals surface area contributed by atoms with Crippen molar-refractivity contribution < 1.29 is 4.79 Å². The number of carbonyl (C=O) groups is 1. The van der Waals surface area contributed by atoms with Gasteiger partial charge in [-0.3, -0.25) is 14.7 Å². The predicted molar refractivity (Wildman–Crippen MR) is 78.8 cm³/mol. The van der Waals surface area contributed by atoms with Gasteiger partial charge in [-0.05, 0) is 32.2 Å². The van der Waals surface area contributed by atoms with Crippen LogP contribution in [0.2, 0.25) is 0 Å². The zero-order chi connectivity index (χ0) is 14.6. The van der Waals surface area contributed by atoms with Gasteiger partial charge in [0.1, 0.15) is 11.4 Å². The number of aryl methyl sites for hydroxylation is 1. The number of likely N-dealkylation sites (N-methyl/N-ethyl adjacent to an activating group) is 1. The SMILES string of the molecule is Cc1ccc(C23Cn4cccc4C(=O)N2CCN3C)cn1. The van der Waals surface area contributed by atoms with E-state index in [2.05, 4.69) is 27.6 Å². The maximum Gasteiger partial charge on any atom is 0.272 e. The molecular formula is C16H18N4O. The summed E-state index contributed by atoms with van der Waals surface area (Å²) in [5, 5.41) is 0. The minimum absolute atomic E-state index is 0.108. The van der Waals surface area contributed by atoms with E-state index >= 15 is 0 Å². The molecule has 21 heavy (non-hydrogen) atoms. The van der Waals surface area contributed by atoms with Gasteiger partial charge in [0.25, 0.3) is 5.91 Å². The zero-order valence-electron chi connectivity index (χ0n) is 12.3. The summed E-state index contributed by atoms with van der Waals surface area (Å²) in [4.78, 5) is 21.5. The lowest BCUT2D eigenvalue weighted by atomic mass is 9.96. The molecule has 2 aliphatic heterocycles. The third-order valence-electron chi connectivity index (χ3n) is 4.80. The quantitative estimate of drug-likeness (QED) is 0.795. The number of amides is 1. The topological polar surface area (TPSA) is 41.4 Å². The van der Waals surface area contributed by atoms with Gasteiger partial charge in [-0.15, -0.1) is 0 Å². The molecule has 0 spiro atoms. The van der Waals surface area contributed by atoms with Gasteiger partial charge in [0.2, 0.25) is 0 Å². The van der Waals surface area contributed by atoms with Crippen LogP contribution in [0, 0.1) is 6.92 Å². The third-order valence-corrected chi connectivity index (χ3v) is 4.80. The Labute approximate surface area is 123 Å². The van der Waals surface area contributed by atoms with Gasteiger partial charge in [-0.2, -0.15) is 0 Å². The summed E-state index contributed by atoms with van der Waals surface area (Å²) in [6.45, 7) is 4.37. The number of fused-ring (bicyclic) bond motifs is 2. The van der Waals surface area contributed by atoms with Crippen molar-refractivity contribution in [1.29, 1.82) is 0 Å². The van der Waals surface area contributed by atoms with E-state index in [9.17, 15) is 4.79 Å². The minimum atomic E-state index is -0.413. The molecule has 0 bridgehead atoms. The van der Waals surface area contributed by atoms with Crippen LogP contribution < -0.4 is 0 Å². The van der Waals surface area contributed by atoms with E-state index in [0.29, 0.717) is 0 Å². The summed E-state index contributed by atoms with van der Waals surface area (Å²) in [6, 6.07) is 7.96. The van der Waals surface area contributed by atoms with Crippen LogP contribution in [0.5, 0.6) is 0 Å². The summed E-state index contributed by atoms with van der Waals surface area (Å²) < 4.78 is 2.06. The van der Waals surface area contributed by atoms with Crippen molar-refractivity contribution in [2.75, 3.05) is 20.1 Å². The Morgan fingerprint density at radius 3 is 2.86 bits per heavy atom. The van der Waals surface area contributed by atoms with E-state index in [1.807, 2.05) is 42.4 Å². The summed E-state index contributed by atoms with van der Waals surface area (Å²) in [7, 11) is 2.08. The van der Waals surface area contributed by atoms with Crippen molar-refractivity contribution in [3.63, 3.8) is 0 Å². The highest BCUT2D eigenvalue weighted by atomic mass is 16.2. The van der Waals surface area contributed by atoms with Crippen molar-refractivity contribution in [3.8, 4) is 0 Å². The fraction of sp³-hybridized carbons (Fsp3) is 0.375. The van der Waals surface area contributed by atoms with Crippen LogP contribution >= 0.6 is 0 Å². The first-order chi connectivity index (χ1) is 10.1. The van der Waals surface area contributed by atoms with E-state index in [-0.39, 0.29) is 5.91 Å². The lowest BCUT2D eigenvalue weighted by Crippen LogP contribution is -2.57. The Bertz CT molecular complexity index is 705. The average Bonchev–Trinajstić information content (AvgIpc) is 3.06. The molecule has 0 aromatic carbocycles. The number of nitrogens with zero attached hydrogens (tertiary/aromatic N) is 4. The first kappa shape index (κ1) is 12.6. The molecule has 108 valence electrons. The highest BCUT2D eigenvalue weighted by molar-refractivity contribution is 5.94. The van der Waals surface area contributed by atoms with Crippen molar-refractivity contribution in [2.45, 2.75) is 19.1 Å². The van der Waals surface area contributed by atoms with Gasteiger partial charge in [-0.25, -0.2) is 0 Å². The maximum atomic E-state index is 12.8. The molecule has 0 radical (unpaired) electrons. The van der Waals surface area contributed by atoms with Crippen molar-refractivity contribution in [3.05, 3.63) is 53.6 Å². The number of pyridine rings is 1. The van der Waals surface area contributed by atoms with Crippen LogP contribution in [0.4, 0.5) is 0 Å². The number of hydrogen-bond donors (Lipinski definition) is 0. The highest BCUT2D eigenvalue weighted by Gasteiger charge is 2.52. The molecule has 4 rings (SSSR count). The van der Waals surface area contributed by atoms with Gasteiger partial charge >= 0.3 is 0 Å². The summed E-state index contributed by atoms with van der Waals surface area (Å²) in [5.41, 5.74) is 2.44. The van der Waals surface area contributed by atoms with E-state index < -0.39 is 5.66 Å². The minimum Gasteiger partial charge on any atom is -0.339 e. The molecule has 1 atom stereocenters. The molecule has 1 amide bonds. The molecule has 5 heteroatoms. The molecule has 2 aromatic heterocycles. The molecule has 0 saturated carbocycles. The summed E-state index contributed by atoms with van der Waals surface area (Å²) in [6.07, 6.45) is 3.89. The molecule has 0 aliphatic carbocycles. The van der Waals surface area contributed by atoms with Crippen molar-refractivity contribution in [2.24, 2.45) is 0 Å². The fourth-order valence-corrected chi connectivity index (χ4v) is 3.60. The predicted octanol–water partition coefficient (Wildman–Crippen LogP) is 1.45. The standard InChI is InChI=1S/C16H18N4O/c1-12-5-6-13(10-17-12)16-11-19-7-3-4-14(19)15(21)20(16)9-8-18(16)2/h3-7,10H,8-9,11H2,1-2H3. The number of rotatable bonds is 1. The molecule has 1 unspecified atom stereocenters. The zero-order valence-corrected chi connectivity index (χ0v) is 12.3. The first-order valence-corrected chi connectivity index (χ1v) is 7.24. The Hall–Kier alpha value is -2.14. The average molecular weight is 282 g/mol. The van der Waals surface area contributed by atoms with Crippen LogP contribution in [-0.4, -0.2) is 45.4 Å². The van der Waals surface area contributed by atoms with Gasteiger partial charge in [-0.1, -0.05) is 6.07 Å². The Balaban J connectivity index is 1.91. The van der Waals surface area contributed by atoms with Crippen LogP contribution in [0.15, 0.2) is 36.7 Å². The molecule has 2 aromatic rings. The molecule has 2 aliphatic rings. The molecule has 5 nitrogen and oxygen atoms in total. The second-order valence-electron chi connectivity index (χ2n) is 5.90. The van der Waals surface area contributed by atoms with Gasteiger partial charge in [0, 0.05) is 36.7 Å². The van der Waals surface area contributed by atoms with Gasteiger partial charge in [0.05, 0.1) is 6.54 Å². The second-order valence-corrected chi connectivity index (χ2v) is 5.90. The third kappa shape index (κ3) is 1.55. The van der Waals surface area contributed by atoms with Gasteiger partial charge in [0.15, 0.2) is 0 Å². The first-order valence-electron chi connectivity index (χ1n) is 7.24. The molecule has 1 fully saturated rings. The molecule has 1 saturated heterocycles. The molecule has 0 N–H and O–H groups in total. The summed E-state index contributed by atoms with van der Waals surface area (Å²) >= 11 is 0. The molecular weight excluding hydrogens is 264 g/mol. The van der Waals surface area contributed by atoms with Gasteiger partial charge < -0.3 is 9.47 Å². The number of carbonyl (C=O) groups excluding carboxylic acids is 1. The smallest absolute Gasteiger partial charge is 0.272 e. The summed E-state index contributed by atoms with van der Waals surface area (Å²) in [5.74, 6) is 0.108. The molecule has 4 heterocycles. The Morgan fingerprint density at radius 1 is 1.24 bits per heavy atom. The lowest BCUT2D eigenvalue weighted by Gasteiger charge is -2.46. The van der Waals surface area contributed by atoms with Crippen molar-refractivity contribution >= 4 is 5.91 Å². The monoisotopic (exact) mass is 282 g/mol. The van der Waals surface area contributed by atoms with E-state index in [1.165, 1.54) is 0 Å². The maximum absolute atomic E-state index is 12.8. The van der Waals surface area contributed by atoms with Crippen LogP contribution in [0.1, 0.15) is 21.7 Å². The Morgan fingerprint density at radius 2 is 2.10 bits per heavy atom. The largest absolute Gasteiger partial charge is 0.339 e.